The van der Waals surface area contributed by atoms with Gasteiger partial charge in [0.2, 0.25) is 0 Å². The fraction of sp³-hybridized carbons (Fsp3) is 0.571. The first-order chi connectivity index (χ1) is 7.85. The van der Waals surface area contributed by atoms with Crippen molar-refractivity contribution in [1.29, 1.82) is 0 Å². The maximum absolute atomic E-state index is 9.56. The minimum Gasteiger partial charge on any atom is -0.392 e. The summed E-state index contributed by atoms with van der Waals surface area (Å²) < 4.78 is 1.02. The molecule has 94 valence electrons. The Morgan fingerprint density at radius 1 is 1.53 bits per heavy atom. The molecule has 0 aromatic heterocycles. The van der Waals surface area contributed by atoms with Crippen LogP contribution in [0.2, 0.25) is 0 Å². The Morgan fingerprint density at radius 3 is 2.76 bits per heavy atom. The molecule has 0 saturated heterocycles. The molecule has 0 saturated carbocycles. The van der Waals surface area contributed by atoms with Crippen LogP contribution in [0.5, 0.6) is 0 Å². The Kier molecular flexibility index (Phi) is 3.25. The monoisotopic (exact) mass is 297 g/mol. The molecule has 0 fully saturated rings. The minimum absolute atomic E-state index is 0.0929. The lowest BCUT2D eigenvalue weighted by molar-refractivity contribution is 0.278. The third kappa shape index (κ3) is 2.23. The van der Waals surface area contributed by atoms with Gasteiger partial charge in [-0.3, -0.25) is 0 Å². The third-order valence-electron chi connectivity index (χ3n) is 3.55. The number of aliphatic hydroxyl groups is 1. The first-order valence-electron chi connectivity index (χ1n) is 6.06. The standard InChI is InChI=1S/C14H20BrNO/c1-8-5-11(15)10(7-17)12-9(2)6-14(3,4)16-13(8)12/h5,9,16-17H,6-7H2,1-4H3. The average Bonchev–Trinajstić information content (AvgIpc) is 2.19. The van der Waals surface area contributed by atoms with Crippen molar-refractivity contribution >= 4 is 21.6 Å². The summed E-state index contributed by atoms with van der Waals surface area (Å²) >= 11 is 3.55. The van der Waals surface area contributed by atoms with Gasteiger partial charge in [-0.2, -0.15) is 0 Å². The number of aryl methyl sites for hydroxylation is 1. The van der Waals surface area contributed by atoms with Gasteiger partial charge in [0.15, 0.2) is 0 Å². The third-order valence-corrected chi connectivity index (χ3v) is 4.26. The van der Waals surface area contributed by atoms with E-state index in [9.17, 15) is 5.11 Å². The molecule has 3 heteroatoms. The van der Waals surface area contributed by atoms with Crippen LogP contribution in [0.3, 0.4) is 0 Å². The second-order valence-electron chi connectivity index (χ2n) is 5.71. The highest BCUT2D eigenvalue weighted by atomic mass is 79.9. The van der Waals surface area contributed by atoms with Crippen molar-refractivity contribution in [1.82, 2.24) is 0 Å². The van der Waals surface area contributed by atoms with Crippen molar-refractivity contribution in [2.24, 2.45) is 0 Å². The van der Waals surface area contributed by atoms with Crippen molar-refractivity contribution in [3.05, 3.63) is 27.2 Å². The van der Waals surface area contributed by atoms with E-state index in [4.69, 9.17) is 0 Å². The van der Waals surface area contributed by atoms with E-state index in [-0.39, 0.29) is 12.1 Å². The lowest BCUT2D eigenvalue weighted by atomic mass is 9.79. The fourth-order valence-corrected chi connectivity index (χ4v) is 3.65. The summed E-state index contributed by atoms with van der Waals surface area (Å²) in [6, 6.07) is 2.09. The molecular weight excluding hydrogens is 278 g/mol. The molecule has 1 aliphatic rings. The Morgan fingerprint density at radius 2 is 2.18 bits per heavy atom. The summed E-state index contributed by atoms with van der Waals surface area (Å²) in [5.74, 6) is 0.472. The van der Waals surface area contributed by atoms with E-state index in [1.165, 1.54) is 16.8 Å². The zero-order valence-corrected chi connectivity index (χ0v) is 12.5. The molecule has 1 aliphatic heterocycles. The van der Waals surface area contributed by atoms with Crippen LogP contribution in [0.1, 0.15) is 49.8 Å². The van der Waals surface area contributed by atoms with Crippen LogP contribution >= 0.6 is 15.9 Å². The number of halogens is 1. The maximum Gasteiger partial charge on any atom is 0.0696 e. The van der Waals surface area contributed by atoms with Crippen molar-refractivity contribution < 1.29 is 5.11 Å². The normalized spacial score (nSPS) is 21.9. The van der Waals surface area contributed by atoms with Crippen LogP contribution < -0.4 is 5.32 Å². The van der Waals surface area contributed by atoms with Gasteiger partial charge in [0.1, 0.15) is 0 Å². The molecule has 1 aromatic carbocycles. The van der Waals surface area contributed by atoms with Crippen LogP contribution in [0, 0.1) is 6.92 Å². The highest BCUT2D eigenvalue weighted by Gasteiger charge is 2.32. The largest absolute Gasteiger partial charge is 0.392 e. The molecule has 0 aliphatic carbocycles. The molecule has 17 heavy (non-hydrogen) atoms. The Balaban J connectivity index is 2.65. The fourth-order valence-electron chi connectivity index (χ4n) is 2.97. The second kappa shape index (κ2) is 4.29. The van der Waals surface area contributed by atoms with E-state index < -0.39 is 0 Å². The highest BCUT2D eigenvalue weighted by molar-refractivity contribution is 9.10. The summed E-state index contributed by atoms with van der Waals surface area (Å²) in [6.07, 6.45) is 1.09. The smallest absolute Gasteiger partial charge is 0.0696 e. The molecule has 1 atom stereocenters. The number of benzene rings is 1. The zero-order valence-electron chi connectivity index (χ0n) is 10.9. The van der Waals surface area contributed by atoms with E-state index >= 15 is 0 Å². The molecule has 1 aromatic rings. The van der Waals surface area contributed by atoms with Gasteiger partial charge < -0.3 is 10.4 Å². The first kappa shape index (κ1) is 12.9. The van der Waals surface area contributed by atoms with Gasteiger partial charge in [-0.05, 0) is 55.9 Å². The number of fused-ring (bicyclic) bond motifs is 1. The molecule has 2 nitrogen and oxygen atoms in total. The Labute approximate surface area is 112 Å². The number of nitrogens with one attached hydrogen (secondary N) is 1. The van der Waals surface area contributed by atoms with Gasteiger partial charge in [-0.25, -0.2) is 0 Å². The van der Waals surface area contributed by atoms with E-state index in [2.05, 4.69) is 55.0 Å². The lowest BCUT2D eigenvalue weighted by Crippen LogP contribution is -2.37. The van der Waals surface area contributed by atoms with Gasteiger partial charge in [-0.15, -0.1) is 0 Å². The van der Waals surface area contributed by atoms with Crippen LogP contribution in [0.15, 0.2) is 10.5 Å². The predicted octanol–water partition coefficient (Wildman–Crippen LogP) is 3.95. The molecular formula is C14H20BrNO. The second-order valence-corrected chi connectivity index (χ2v) is 6.57. The summed E-state index contributed by atoms with van der Waals surface area (Å²) in [4.78, 5) is 0. The Bertz CT molecular complexity index is 454. The minimum atomic E-state index is 0.0929. The van der Waals surface area contributed by atoms with E-state index in [1.54, 1.807) is 0 Å². The van der Waals surface area contributed by atoms with E-state index in [0.29, 0.717) is 5.92 Å². The van der Waals surface area contributed by atoms with Crippen molar-refractivity contribution in [3.63, 3.8) is 0 Å². The summed E-state index contributed by atoms with van der Waals surface area (Å²) in [7, 11) is 0. The quantitative estimate of drug-likeness (QED) is 0.823. The first-order valence-corrected chi connectivity index (χ1v) is 6.86. The molecule has 0 amide bonds. The predicted molar refractivity (Wildman–Crippen MR) is 75.5 cm³/mol. The number of hydrogen-bond donors (Lipinski definition) is 2. The number of aliphatic hydroxyl groups excluding tert-OH is 1. The average molecular weight is 298 g/mol. The van der Waals surface area contributed by atoms with Crippen molar-refractivity contribution in [2.75, 3.05) is 5.32 Å². The molecule has 0 spiro atoms. The number of rotatable bonds is 1. The van der Waals surface area contributed by atoms with Gasteiger partial charge in [0, 0.05) is 15.7 Å². The summed E-state index contributed by atoms with van der Waals surface area (Å²) in [6.45, 7) is 8.91. The lowest BCUT2D eigenvalue weighted by Gasteiger charge is -2.39. The van der Waals surface area contributed by atoms with Gasteiger partial charge in [-0.1, -0.05) is 22.9 Å². The number of hydrogen-bond acceptors (Lipinski definition) is 2. The van der Waals surface area contributed by atoms with Crippen LogP contribution in [0.4, 0.5) is 5.69 Å². The molecule has 2 N–H and O–H groups in total. The Hall–Kier alpha value is -0.540. The van der Waals surface area contributed by atoms with E-state index in [0.717, 1.165) is 16.5 Å². The summed E-state index contributed by atoms with van der Waals surface area (Å²) in [5, 5.41) is 13.2. The topological polar surface area (TPSA) is 32.3 Å². The van der Waals surface area contributed by atoms with Gasteiger partial charge in [0.05, 0.1) is 6.61 Å². The van der Waals surface area contributed by atoms with Crippen LogP contribution in [-0.2, 0) is 6.61 Å². The molecule has 0 radical (unpaired) electrons. The molecule has 1 heterocycles. The van der Waals surface area contributed by atoms with Crippen LogP contribution in [0.25, 0.3) is 0 Å². The zero-order chi connectivity index (χ0) is 12.8. The van der Waals surface area contributed by atoms with Crippen molar-refractivity contribution in [2.45, 2.75) is 52.2 Å². The summed E-state index contributed by atoms with van der Waals surface area (Å²) in [5.41, 5.74) is 4.88. The molecule has 1 unspecified atom stereocenters. The molecule has 0 bridgehead atoms. The molecule has 2 rings (SSSR count). The van der Waals surface area contributed by atoms with Crippen molar-refractivity contribution in [3.8, 4) is 0 Å². The number of anilines is 1. The highest BCUT2D eigenvalue weighted by Crippen LogP contribution is 2.44. The van der Waals surface area contributed by atoms with Crippen LogP contribution in [-0.4, -0.2) is 10.6 Å². The maximum atomic E-state index is 9.56. The SMILES string of the molecule is Cc1cc(Br)c(CO)c2c1NC(C)(C)CC2C. The van der Waals surface area contributed by atoms with Gasteiger partial charge >= 0.3 is 0 Å². The van der Waals surface area contributed by atoms with E-state index in [1.807, 2.05) is 0 Å². The van der Waals surface area contributed by atoms with Gasteiger partial charge in [0.25, 0.3) is 0 Å².